The molecular weight excluding hydrogens is 264 g/mol. The summed E-state index contributed by atoms with van der Waals surface area (Å²) in [5.74, 6) is 0.777. The fourth-order valence-electron chi connectivity index (χ4n) is 3.69. The van der Waals surface area contributed by atoms with E-state index in [-0.39, 0.29) is 5.75 Å². The number of hydrogen-bond donors (Lipinski definition) is 1. The molecule has 0 radical (unpaired) electrons. The van der Waals surface area contributed by atoms with E-state index in [1.165, 1.54) is 37.9 Å². The van der Waals surface area contributed by atoms with E-state index in [2.05, 4.69) is 16.7 Å². The molecule has 1 N–H and O–H groups in total. The first-order valence-electron chi connectivity index (χ1n) is 8.04. The molecule has 2 aliphatic rings. The molecule has 2 heterocycles. The van der Waals surface area contributed by atoms with Crippen LogP contribution in [0.25, 0.3) is 0 Å². The van der Waals surface area contributed by atoms with Crippen molar-refractivity contribution < 1.29 is 9.84 Å². The minimum absolute atomic E-state index is 0.213. The minimum atomic E-state index is 0.213. The molecule has 0 spiro atoms. The first-order valence-corrected chi connectivity index (χ1v) is 8.04. The Bertz CT molecular complexity index is 486. The Hall–Kier alpha value is -1.26. The van der Waals surface area contributed by atoms with Crippen LogP contribution < -0.4 is 4.74 Å². The number of phenols is 1. The van der Waals surface area contributed by atoms with E-state index in [0.717, 1.165) is 19.1 Å². The van der Waals surface area contributed by atoms with Crippen LogP contribution in [0.1, 0.15) is 37.8 Å². The molecule has 21 heavy (non-hydrogen) atoms. The lowest BCUT2D eigenvalue weighted by atomic mass is 10.1. The summed E-state index contributed by atoms with van der Waals surface area (Å²) in [6.07, 6.45) is 4.00. The van der Waals surface area contributed by atoms with Gasteiger partial charge in [0, 0.05) is 25.2 Å². The van der Waals surface area contributed by atoms with E-state index >= 15 is 0 Å². The molecule has 116 valence electrons. The molecule has 1 aromatic carbocycles. The van der Waals surface area contributed by atoms with Crippen molar-refractivity contribution in [3.63, 3.8) is 0 Å². The molecule has 2 unspecified atom stereocenters. The highest BCUT2D eigenvalue weighted by Crippen LogP contribution is 2.33. The van der Waals surface area contributed by atoms with Crippen LogP contribution in [-0.2, 0) is 0 Å². The number of nitrogens with zero attached hydrogens (tertiary/aromatic N) is 2. The average molecular weight is 290 g/mol. The average Bonchev–Trinajstić information content (AvgIpc) is 3.18. The van der Waals surface area contributed by atoms with Crippen LogP contribution in [0, 0.1) is 0 Å². The molecule has 2 aliphatic heterocycles. The van der Waals surface area contributed by atoms with E-state index in [9.17, 15) is 5.11 Å². The lowest BCUT2D eigenvalue weighted by molar-refractivity contribution is 0.208. The van der Waals surface area contributed by atoms with Crippen LogP contribution in [0.15, 0.2) is 18.2 Å². The smallest absolute Gasteiger partial charge is 0.160 e. The van der Waals surface area contributed by atoms with Gasteiger partial charge in [-0.15, -0.1) is 0 Å². The van der Waals surface area contributed by atoms with E-state index in [4.69, 9.17) is 4.74 Å². The summed E-state index contributed by atoms with van der Waals surface area (Å²) in [6.45, 7) is 7.12. The Balaban J connectivity index is 1.66. The zero-order valence-electron chi connectivity index (χ0n) is 13.1. The van der Waals surface area contributed by atoms with Gasteiger partial charge in [-0.05, 0) is 57.0 Å². The van der Waals surface area contributed by atoms with Gasteiger partial charge in [-0.1, -0.05) is 6.07 Å². The van der Waals surface area contributed by atoms with Gasteiger partial charge >= 0.3 is 0 Å². The topological polar surface area (TPSA) is 35.9 Å². The minimum Gasteiger partial charge on any atom is -0.504 e. The Kier molecular flexibility index (Phi) is 4.36. The Morgan fingerprint density at radius 2 is 2.00 bits per heavy atom. The fourth-order valence-corrected chi connectivity index (χ4v) is 3.69. The third-order valence-electron chi connectivity index (χ3n) is 5.09. The molecule has 4 heteroatoms. The number of hydrogen-bond acceptors (Lipinski definition) is 4. The molecule has 0 saturated carbocycles. The molecule has 1 aromatic rings. The maximum atomic E-state index is 9.72. The van der Waals surface area contributed by atoms with Gasteiger partial charge in [0.25, 0.3) is 0 Å². The predicted octanol–water partition coefficient (Wildman–Crippen LogP) is 2.63. The SMILES string of the molecule is COc1cc(C(C)N2CCC(N3CCCC3)C2)ccc1O. The van der Waals surface area contributed by atoms with Crippen LogP contribution in [0.2, 0.25) is 0 Å². The van der Waals surface area contributed by atoms with E-state index < -0.39 is 0 Å². The van der Waals surface area contributed by atoms with Gasteiger partial charge in [0.1, 0.15) is 0 Å². The van der Waals surface area contributed by atoms with Gasteiger partial charge in [-0.25, -0.2) is 0 Å². The highest BCUT2D eigenvalue weighted by Gasteiger charge is 2.31. The zero-order chi connectivity index (χ0) is 14.8. The molecule has 3 rings (SSSR count). The lowest BCUT2D eigenvalue weighted by Gasteiger charge is -2.27. The monoisotopic (exact) mass is 290 g/mol. The molecule has 2 fully saturated rings. The predicted molar refractivity (Wildman–Crippen MR) is 83.9 cm³/mol. The molecule has 2 saturated heterocycles. The summed E-state index contributed by atoms with van der Waals surface area (Å²) in [5.41, 5.74) is 1.21. The second-order valence-corrected chi connectivity index (χ2v) is 6.29. The molecular formula is C17H26N2O2. The molecule has 0 aromatic heterocycles. The summed E-state index contributed by atoms with van der Waals surface area (Å²) < 4.78 is 5.22. The van der Waals surface area contributed by atoms with Crippen molar-refractivity contribution in [2.45, 2.75) is 38.3 Å². The number of aromatic hydroxyl groups is 1. The molecule has 4 nitrogen and oxygen atoms in total. The summed E-state index contributed by atoms with van der Waals surface area (Å²) in [6, 6.07) is 6.80. The van der Waals surface area contributed by atoms with Crippen molar-refractivity contribution in [1.82, 2.24) is 9.80 Å². The normalized spacial score (nSPS) is 25.3. The number of ether oxygens (including phenoxy) is 1. The molecule has 2 atom stereocenters. The molecule has 0 bridgehead atoms. The van der Waals surface area contributed by atoms with E-state index in [1.54, 1.807) is 13.2 Å². The maximum absolute atomic E-state index is 9.72. The number of methoxy groups -OCH3 is 1. The van der Waals surface area contributed by atoms with Gasteiger partial charge in [0.05, 0.1) is 7.11 Å². The van der Waals surface area contributed by atoms with Crippen molar-refractivity contribution in [3.8, 4) is 11.5 Å². The second-order valence-electron chi connectivity index (χ2n) is 6.29. The van der Waals surface area contributed by atoms with Crippen molar-refractivity contribution in [3.05, 3.63) is 23.8 Å². The standard InChI is InChI=1S/C17H26N2O2/c1-13(14-5-6-16(20)17(11-14)21-2)19-10-7-15(12-19)18-8-3-4-9-18/h5-6,11,13,15,20H,3-4,7-10,12H2,1-2H3. The zero-order valence-corrected chi connectivity index (χ0v) is 13.1. The van der Waals surface area contributed by atoms with Gasteiger partial charge in [0.2, 0.25) is 0 Å². The van der Waals surface area contributed by atoms with Crippen LogP contribution in [0.5, 0.6) is 11.5 Å². The second kappa shape index (κ2) is 6.24. The van der Waals surface area contributed by atoms with Gasteiger partial charge in [-0.2, -0.15) is 0 Å². The first kappa shape index (κ1) is 14.7. The number of rotatable bonds is 4. The first-order chi connectivity index (χ1) is 10.2. The Morgan fingerprint density at radius 1 is 1.24 bits per heavy atom. The number of phenolic OH excluding ortho intramolecular Hbond substituents is 1. The quantitative estimate of drug-likeness (QED) is 0.925. The van der Waals surface area contributed by atoms with Gasteiger partial charge < -0.3 is 9.84 Å². The van der Waals surface area contributed by atoms with Gasteiger partial charge in [-0.3, -0.25) is 9.80 Å². The Morgan fingerprint density at radius 3 is 2.71 bits per heavy atom. The third-order valence-corrected chi connectivity index (χ3v) is 5.09. The van der Waals surface area contributed by atoms with Crippen molar-refractivity contribution in [2.24, 2.45) is 0 Å². The van der Waals surface area contributed by atoms with E-state index in [0.29, 0.717) is 11.8 Å². The summed E-state index contributed by atoms with van der Waals surface area (Å²) in [5, 5.41) is 9.72. The fraction of sp³-hybridized carbons (Fsp3) is 0.647. The third kappa shape index (κ3) is 3.01. The van der Waals surface area contributed by atoms with Crippen LogP contribution in [0.4, 0.5) is 0 Å². The summed E-state index contributed by atoms with van der Waals surface area (Å²) in [7, 11) is 1.60. The van der Waals surface area contributed by atoms with Crippen LogP contribution in [0.3, 0.4) is 0 Å². The van der Waals surface area contributed by atoms with Gasteiger partial charge in [0.15, 0.2) is 11.5 Å². The molecule has 0 aliphatic carbocycles. The summed E-state index contributed by atoms with van der Waals surface area (Å²) >= 11 is 0. The molecule has 0 amide bonds. The Labute approximate surface area is 127 Å². The van der Waals surface area contributed by atoms with Crippen LogP contribution >= 0.6 is 0 Å². The largest absolute Gasteiger partial charge is 0.504 e. The van der Waals surface area contributed by atoms with Crippen molar-refractivity contribution >= 4 is 0 Å². The van der Waals surface area contributed by atoms with Crippen molar-refractivity contribution in [1.29, 1.82) is 0 Å². The maximum Gasteiger partial charge on any atom is 0.160 e. The highest BCUT2D eigenvalue weighted by molar-refractivity contribution is 5.42. The summed E-state index contributed by atoms with van der Waals surface area (Å²) in [4.78, 5) is 5.21. The van der Waals surface area contributed by atoms with E-state index in [1.807, 2.05) is 12.1 Å². The highest BCUT2D eigenvalue weighted by atomic mass is 16.5. The number of likely N-dealkylation sites (tertiary alicyclic amines) is 2. The van der Waals surface area contributed by atoms with Crippen molar-refractivity contribution in [2.75, 3.05) is 33.3 Å². The number of benzene rings is 1. The van der Waals surface area contributed by atoms with Crippen LogP contribution in [-0.4, -0.2) is 54.2 Å². The lowest BCUT2D eigenvalue weighted by Crippen LogP contribution is -2.35.